The summed E-state index contributed by atoms with van der Waals surface area (Å²) in [7, 11) is 0. The van der Waals surface area contributed by atoms with E-state index in [4.69, 9.17) is 0 Å². The highest BCUT2D eigenvalue weighted by Crippen LogP contribution is 2.28. The molecule has 0 aliphatic heterocycles. The van der Waals surface area contributed by atoms with Crippen LogP contribution in [0.25, 0.3) is 0 Å². The Morgan fingerprint density at radius 3 is 2.83 bits per heavy atom. The van der Waals surface area contributed by atoms with Crippen LogP contribution in [0.15, 0.2) is 12.4 Å². The molecule has 9 heteroatoms. The number of alkyl halides is 3. The Morgan fingerprint density at radius 2 is 2.22 bits per heavy atom. The van der Waals surface area contributed by atoms with Gasteiger partial charge in [-0.2, -0.15) is 18.3 Å². The van der Waals surface area contributed by atoms with Crippen LogP contribution < -0.4 is 5.32 Å². The molecule has 0 aromatic carbocycles. The van der Waals surface area contributed by atoms with Crippen molar-refractivity contribution in [2.45, 2.75) is 19.6 Å². The van der Waals surface area contributed by atoms with Gasteiger partial charge in [-0.25, -0.2) is 0 Å². The van der Waals surface area contributed by atoms with Gasteiger partial charge < -0.3 is 5.32 Å². The fourth-order valence-corrected chi connectivity index (χ4v) is 2.00. The first-order chi connectivity index (χ1) is 8.50. The second-order valence-corrected chi connectivity index (χ2v) is 4.26. The highest BCUT2D eigenvalue weighted by molar-refractivity contribution is 7.10. The summed E-state index contributed by atoms with van der Waals surface area (Å²) in [6.45, 7) is 2.78. The van der Waals surface area contributed by atoms with E-state index in [0.29, 0.717) is 12.2 Å². The van der Waals surface area contributed by atoms with Crippen LogP contribution in [0.3, 0.4) is 0 Å². The quantitative estimate of drug-likeness (QED) is 0.931. The van der Waals surface area contributed by atoms with E-state index in [0.717, 1.165) is 17.4 Å². The third-order valence-electron chi connectivity index (χ3n) is 2.17. The SMILES string of the molecule is CCNc1snnc1Cn1cc(C(F)(F)F)cn1. The largest absolute Gasteiger partial charge is 0.419 e. The first-order valence-electron chi connectivity index (χ1n) is 5.15. The monoisotopic (exact) mass is 277 g/mol. The number of aromatic nitrogens is 4. The fourth-order valence-electron chi connectivity index (χ4n) is 1.36. The van der Waals surface area contributed by atoms with Crippen molar-refractivity contribution in [1.82, 2.24) is 19.4 Å². The molecule has 0 radical (unpaired) electrons. The molecule has 0 saturated carbocycles. The molecule has 5 nitrogen and oxygen atoms in total. The van der Waals surface area contributed by atoms with Gasteiger partial charge in [0.2, 0.25) is 0 Å². The number of anilines is 1. The minimum absolute atomic E-state index is 0.162. The third kappa shape index (κ3) is 2.78. The van der Waals surface area contributed by atoms with Gasteiger partial charge in [-0.05, 0) is 6.92 Å². The molecule has 0 fully saturated rings. The van der Waals surface area contributed by atoms with Crippen molar-refractivity contribution in [3.05, 3.63) is 23.7 Å². The zero-order chi connectivity index (χ0) is 13.2. The third-order valence-corrected chi connectivity index (χ3v) is 2.89. The lowest BCUT2D eigenvalue weighted by Gasteiger charge is -2.03. The van der Waals surface area contributed by atoms with Gasteiger partial charge in [-0.1, -0.05) is 4.49 Å². The van der Waals surface area contributed by atoms with Crippen LogP contribution in [0.1, 0.15) is 18.2 Å². The summed E-state index contributed by atoms with van der Waals surface area (Å²) in [4.78, 5) is 0. The van der Waals surface area contributed by atoms with Crippen LogP contribution in [0.5, 0.6) is 0 Å². The van der Waals surface area contributed by atoms with Gasteiger partial charge in [0, 0.05) is 24.3 Å². The molecule has 0 unspecified atom stereocenters. The summed E-state index contributed by atoms with van der Waals surface area (Å²) in [6.07, 6.45) is -2.62. The topological polar surface area (TPSA) is 55.6 Å². The Hall–Kier alpha value is -1.64. The van der Waals surface area contributed by atoms with E-state index < -0.39 is 11.7 Å². The van der Waals surface area contributed by atoms with E-state index in [1.54, 1.807) is 0 Å². The predicted octanol–water partition coefficient (Wildman–Crippen LogP) is 2.23. The second kappa shape index (κ2) is 4.92. The lowest BCUT2D eigenvalue weighted by molar-refractivity contribution is -0.137. The maximum atomic E-state index is 12.4. The number of nitrogens with one attached hydrogen (secondary N) is 1. The van der Waals surface area contributed by atoms with Crippen LogP contribution in [-0.2, 0) is 12.7 Å². The molecule has 0 spiro atoms. The Kier molecular flexibility index (Phi) is 3.50. The number of rotatable bonds is 4. The minimum atomic E-state index is -4.37. The molecule has 0 saturated heterocycles. The second-order valence-electron chi connectivity index (χ2n) is 3.50. The summed E-state index contributed by atoms with van der Waals surface area (Å²) >= 11 is 1.17. The summed E-state index contributed by atoms with van der Waals surface area (Å²) in [5.74, 6) is 0. The average molecular weight is 277 g/mol. The van der Waals surface area contributed by atoms with Gasteiger partial charge in [0.05, 0.1) is 18.3 Å². The first-order valence-corrected chi connectivity index (χ1v) is 5.92. The Balaban J connectivity index is 2.14. The predicted molar refractivity (Wildman–Crippen MR) is 60.4 cm³/mol. The molecule has 98 valence electrons. The minimum Gasteiger partial charge on any atom is -0.374 e. The van der Waals surface area contributed by atoms with Gasteiger partial charge in [0.15, 0.2) is 0 Å². The molecule has 0 amide bonds. The van der Waals surface area contributed by atoms with Crippen molar-refractivity contribution in [2.24, 2.45) is 0 Å². The van der Waals surface area contributed by atoms with E-state index in [2.05, 4.69) is 20.0 Å². The van der Waals surface area contributed by atoms with E-state index >= 15 is 0 Å². The molecule has 2 heterocycles. The summed E-state index contributed by atoms with van der Waals surface area (Å²) < 4.78 is 42.1. The summed E-state index contributed by atoms with van der Waals surface area (Å²) in [6, 6.07) is 0. The summed E-state index contributed by atoms with van der Waals surface area (Å²) in [5, 5.41) is 11.3. The van der Waals surface area contributed by atoms with Crippen molar-refractivity contribution in [3.8, 4) is 0 Å². The zero-order valence-electron chi connectivity index (χ0n) is 9.40. The highest BCUT2D eigenvalue weighted by atomic mass is 32.1. The van der Waals surface area contributed by atoms with E-state index in [1.165, 1.54) is 16.2 Å². The molecule has 0 aliphatic rings. The maximum Gasteiger partial charge on any atom is 0.419 e. The molecule has 0 aliphatic carbocycles. The molecule has 18 heavy (non-hydrogen) atoms. The number of nitrogens with zero attached hydrogens (tertiary/aromatic N) is 4. The Bertz CT molecular complexity index is 518. The molecule has 2 aromatic heterocycles. The van der Waals surface area contributed by atoms with Gasteiger partial charge in [-0.15, -0.1) is 5.10 Å². The van der Waals surface area contributed by atoms with Gasteiger partial charge in [-0.3, -0.25) is 4.68 Å². The van der Waals surface area contributed by atoms with Crippen molar-refractivity contribution in [1.29, 1.82) is 0 Å². The molecular weight excluding hydrogens is 267 g/mol. The van der Waals surface area contributed by atoms with Gasteiger partial charge >= 0.3 is 6.18 Å². The van der Waals surface area contributed by atoms with Crippen LogP contribution in [-0.4, -0.2) is 25.9 Å². The lowest BCUT2D eigenvalue weighted by Crippen LogP contribution is -2.06. The van der Waals surface area contributed by atoms with Crippen molar-refractivity contribution in [3.63, 3.8) is 0 Å². The first kappa shape index (κ1) is 12.8. The Morgan fingerprint density at radius 1 is 1.44 bits per heavy atom. The number of hydrogen-bond donors (Lipinski definition) is 1. The van der Waals surface area contributed by atoms with Gasteiger partial charge in [0.25, 0.3) is 0 Å². The Labute approximate surface area is 105 Å². The average Bonchev–Trinajstić information content (AvgIpc) is 2.89. The number of halogens is 3. The van der Waals surface area contributed by atoms with Gasteiger partial charge in [0.1, 0.15) is 10.7 Å². The normalized spacial score (nSPS) is 11.8. The van der Waals surface area contributed by atoms with Crippen molar-refractivity contribution in [2.75, 3.05) is 11.9 Å². The smallest absolute Gasteiger partial charge is 0.374 e. The molecule has 0 atom stereocenters. The van der Waals surface area contributed by atoms with E-state index in [1.807, 2.05) is 6.92 Å². The van der Waals surface area contributed by atoms with E-state index in [-0.39, 0.29) is 6.54 Å². The zero-order valence-corrected chi connectivity index (χ0v) is 10.2. The van der Waals surface area contributed by atoms with E-state index in [9.17, 15) is 13.2 Å². The van der Waals surface area contributed by atoms with Crippen LogP contribution in [0.4, 0.5) is 18.2 Å². The van der Waals surface area contributed by atoms with Crippen molar-refractivity contribution < 1.29 is 13.2 Å². The van der Waals surface area contributed by atoms with Crippen molar-refractivity contribution >= 4 is 16.5 Å². The molecule has 0 bridgehead atoms. The molecular formula is C9H10F3N5S. The van der Waals surface area contributed by atoms with Crippen LogP contribution in [0.2, 0.25) is 0 Å². The maximum absolute atomic E-state index is 12.4. The van der Waals surface area contributed by atoms with Crippen LogP contribution in [0, 0.1) is 0 Å². The fraction of sp³-hybridized carbons (Fsp3) is 0.444. The highest BCUT2D eigenvalue weighted by Gasteiger charge is 2.32. The molecule has 1 N–H and O–H groups in total. The lowest BCUT2D eigenvalue weighted by atomic mass is 10.3. The number of hydrogen-bond acceptors (Lipinski definition) is 5. The molecule has 2 aromatic rings. The standard InChI is InChI=1S/C9H10F3N5S/c1-2-13-8-7(15-16-18-8)5-17-4-6(3-14-17)9(10,11)12/h3-4,13H,2,5H2,1H3. The van der Waals surface area contributed by atoms with Crippen LogP contribution >= 0.6 is 11.5 Å². The molecule has 2 rings (SSSR count). The summed E-state index contributed by atoms with van der Waals surface area (Å²) in [5.41, 5.74) is -0.186.